The van der Waals surface area contributed by atoms with Crippen molar-refractivity contribution in [3.05, 3.63) is 40.8 Å². The van der Waals surface area contributed by atoms with Gasteiger partial charge in [0, 0.05) is 11.4 Å². The number of hydrogen-bond donors (Lipinski definition) is 1. The van der Waals surface area contributed by atoms with E-state index in [2.05, 4.69) is 5.10 Å². The molecular weight excluding hydrogens is 334 g/mol. The molecule has 7 heteroatoms. The normalized spacial score (nSPS) is 25.2. The molecule has 1 saturated heterocycles. The van der Waals surface area contributed by atoms with Crippen LogP contribution < -0.4 is 5.56 Å². The molecule has 136 valence electrons. The van der Waals surface area contributed by atoms with Gasteiger partial charge >= 0.3 is 5.97 Å². The van der Waals surface area contributed by atoms with Crippen LogP contribution in [-0.4, -0.2) is 43.7 Å². The van der Waals surface area contributed by atoms with Gasteiger partial charge in [0.1, 0.15) is 12.6 Å². The first kappa shape index (κ1) is 16.8. The zero-order valence-electron chi connectivity index (χ0n) is 14.4. The van der Waals surface area contributed by atoms with Gasteiger partial charge in [0.25, 0.3) is 5.56 Å². The van der Waals surface area contributed by atoms with Gasteiger partial charge in [-0.15, -0.1) is 0 Å². The largest absolute Gasteiger partial charge is 0.480 e. The molecule has 0 spiro atoms. The maximum atomic E-state index is 12.9. The van der Waals surface area contributed by atoms with Gasteiger partial charge in [-0.1, -0.05) is 31.0 Å². The van der Waals surface area contributed by atoms with E-state index in [-0.39, 0.29) is 30.0 Å². The van der Waals surface area contributed by atoms with Crippen LogP contribution in [0.15, 0.2) is 35.3 Å². The van der Waals surface area contributed by atoms with Crippen LogP contribution >= 0.6 is 0 Å². The Morgan fingerprint density at radius 3 is 2.77 bits per heavy atom. The summed E-state index contributed by atoms with van der Waals surface area (Å²) in [6.07, 6.45) is 5.96. The Hall–Kier alpha value is -2.70. The summed E-state index contributed by atoms with van der Waals surface area (Å²) in [7, 11) is 0. The van der Waals surface area contributed by atoms with Crippen molar-refractivity contribution in [2.24, 2.45) is 5.92 Å². The Balaban J connectivity index is 1.63. The molecule has 1 aliphatic heterocycles. The van der Waals surface area contributed by atoms with Crippen molar-refractivity contribution in [1.29, 1.82) is 0 Å². The SMILES string of the molecule is O=C(O)[C@@H]1C[C@@H]2CCCC[C@@H]2N1C(=O)Cn1ncc2ccccc2c1=O. The highest BCUT2D eigenvalue weighted by atomic mass is 16.4. The van der Waals surface area contributed by atoms with Crippen molar-refractivity contribution in [2.75, 3.05) is 0 Å². The summed E-state index contributed by atoms with van der Waals surface area (Å²) in [5.41, 5.74) is -0.331. The van der Waals surface area contributed by atoms with Crippen molar-refractivity contribution in [3.63, 3.8) is 0 Å². The molecule has 3 atom stereocenters. The Morgan fingerprint density at radius 1 is 1.19 bits per heavy atom. The molecule has 26 heavy (non-hydrogen) atoms. The molecule has 1 aliphatic carbocycles. The number of aliphatic carboxylic acids is 1. The highest BCUT2D eigenvalue weighted by molar-refractivity contribution is 5.85. The lowest BCUT2D eigenvalue weighted by atomic mass is 9.85. The van der Waals surface area contributed by atoms with Crippen LogP contribution in [-0.2, 0) is 16.1 Å². The number of fused-ring (bicyclic) bond motifs is 2. The number of likely N-dealkylation sites (tertiary alicyclic amines) is 1. The molecule has 1 aromatic carbocycles. The molecule has 2 fully saturated rings. The number of carbonyl (C=O) groups excluding carboxylic acids is 1. The minimum atomic E-state index is -0.966. The summed E-state index contributed by atoms with van der Waals surface area (Å²) in [4.78, 5) is 38.7. The van der Waals surface area contributed by atoms with E-state index in [0.29, 0.717) is 11.8 Å². The van der Waals surface area contributed by atoms with Crippen LogP contribution in [0.4, 0.5) is 0 Å². The highest BCUT2D eigenvalue weighted by Crippen LogP contribution is 2.39. The Bertz CT molecular complexity index is 922. The van der Waals surface area contributed by atoms with Gasteiger partial charge in [0.2, 0.25) is 5.91 Å². The quantitative estimate of drug-likeness (QED) is 0.904. The van der Waals surface area contributed by atoms with E-state index < -0.39 is 12.0 Å². The molecule has 1 N–H and O–H groups in total. The van der Waals surface area contributed by atoms with Crippen LogP contribution in [0.25, 0.3) is 10.8 Å². The second kappa shape index (κ2) is 6.55. The van der Waals surface area contributed by atoms with Gasteiger partial charge in [0.15, 0.2) is 0 Å². The first-order valence-corrected chi connectivity index (χ1v) is 9.05. The molecule has 2 aromatic rings. The van der Waals surface area contributed by atoms with Crippen molar-refractivity contribution < 1.29 is 14.7 Å². The fourth-order valence-electron chi connectivity index (χ4n) is 4.49. The van der Waals surface area contributed by atoms with Crippen LogP contribution in [0.1, 0.15) is 32.1 Å². The monoisotopic (exact) mass is 355 g/mol. The topological polar surface area (TPSA) is 92.5 Å². The van der Waals surface area contributed by atoms with Gasteiger partial charge in [-0.25, -0.2) is 9.48 Å². The number of carboxylic acid groups (broad SMARTS) is 1. The fraction of sp³-hybridized carbons (Fsp3) is 0.474. The molecule has 7 nitrogen and oxygen atoms in total. The number of benzene rings is 1. The van der Waals surface area contributed by atoms with Crippen LogP contribution in [0.5, 0.6) is 0 Å². The minimum Gasteiger partial charge on any atom is -0.480 e. The number of hydrogen-bond acceptors (Lipinski definition) is 4. The summed E-state index contributed by atoms with van der Waals surface area (Å²) in [6, 6.07) is 6.25. The van der Waals surface area contributed by atoms with Gasteiger partial charge in [0.05, 0.1) is 11.6 Å². The summed E-state index contributed by atoms with van der Waals surface area (Å²) in [5, 5.41) is 14.9. The van der Waals surface area contributed by atoms with Crippen molar-refractivity contribution in [2.45, 2.75) is 50.7 Å². The van der Waals surface area contributed by atoms with Crippen LogP contribution in [0, 0.1) is 5.92 Å². The van der Waals surface area contributed by atoms with E-state index in [9.17, 15) is 19.5 Å². The molecule has 0 radical (unpaired) electrons. The lowest BCUT2D eigenvalue weighted by Gasteiger charge is -2.33. The average Bonchev–Trinajstić information content (AvgIpc) is 3.04. The molecule has 1 aromatic heterocycles. The standard InChI is InChI=1S/C19H21N3O4/c23-17(11-21-18(24)14-7-3-1-6-13(14)10-20-21)22-15-8-4-2-5-12(15)9-16(22)19(25)26/h1,3,6-7,10,12,15-16H,2,4-5,8-9,11H2,(H,25,26)/t12-,15-,16-/m0/s1. The van der Waals surface area contributed by atoms with Crippen molar-refractivity contribution in [1.82, 2.24) is 14.7 Å². The zero-order valence-corrected chi connectivity index (χ0v) is 14.4. The second-order valence-electron chi connectivity index (χ2n) is 7.20. The van der Waals surface area contributed by atoms with Crippen molar-refractivity contribution >= 4 is 22.6 Å². The number of carbonyl (C=O) groups is 2. The molecular formula is C19H21N3O4. The molecule has 0 bridgehead atoms. The molecule has 1 saturated carbocycles. The van der Waals surface area contributed by atoms with Crippen LogP contribution in [0.3, 0.4) is 0 Å². The number of amides is 1. The Morgan fingerprint density at radius 2 is 1.96 bits per heavy atom. The molecule has 1 amide bonds. The Kier molecular flexibility index (Phi) is 4.22. The van der Waals surface area contributed by atoms with E-state index in [4.69, 9.17) is 0 Å². The average molecular weight is 355 g/mol. The summed E-state index contributed by atoms with van der Waals surface area (Å²) < 4.78 is 1.14. The zero-order chi connectivity index (χ0) is 18.3. The van der Waals surface area contributed by atoms with E-state index >= 15 is 0 Å². The lowest BCUT2D eigenvalue weighted by Crippen LogP contribution is -2.48. The third-order valence-electron chi connectivity index (χ3n) is 5.71. The number of carboxylic acids is 1. The number of nitrogens with zero attached hydrogens (tertiary/aromatic N) is 3. The van der Waals surface area contributed by atoms with E-state index in [1.54, 1.807) is 24.4 Å². The number of rotatable bonds is 3. The fourth-order valence-corrected chi connectivity index (χ4v) is 4.49. The predicted octanol–water partition coefficient (Wildman–Crippen LogP) is 1.64. The second-order valence-corrected chi connectivity index (χ2v) is 7.20. The van der Waals surface area contributed by atoms with Gasteiger partial charge in [-0.2, -0.15) is 5.10 Å². The smallest absolute Gasteiger partial charge is 0.326 e. The van der Waals surface area contributed by atoms with Gasteiger partial charge in [-0.3, -0.25) is 9.59 Å². The van der Waals surface area contributed by atoms with Gasteiger partial charge < -0.3 is 10.0 Å². The summed E-state index contributed by atoms with van der Waals surface area (Å²) in [5.74, 6) is -1.06. The number of aromatic nitrogens is 2. The molecule has 4 rings (SSSR count). The lowest BCUT2D eigenvalue weighted by molar-refractivity contribution is -0.150. The molecule has 0 unspecified atom stereocenters. The van der Waals surface area contributed by atoms with E-state index in [1.807, 2.05) is 6.07 Å². The minimum absolute atomic E-state index is 0.0338. The first-order chi connectivity index (χ1) is 12.6. The summed E-state index contributed by atoms with van der Waals surface area (Å²) >= 11 is 0. The maximum Gasteiger partial charge on any atom is 0.326 e. The third kappa shape index (κ3) is 2.77. The van der Waals surface area contributed by atoms with Crippen molar-refractivity contribution in [3.8, 4) is 0 Å². The first-order valence-electron chi connectivity index (χ1n) is 9.05. The highest BCUT2D eigenvalue weighted by Gasteiger charge is 2.47. The van der Waals surface area contributed by atoms with Gasteiger partial charge in [-0.05, 0) is 31.2 Å². The summed E-state index contributed by atoms with van der Waals surface area (Å²) in [6.45, 7) is -0.226. The van der Waals surface area contributed by atoms with Crippen LogP contribution in [0.2, 0.25) is 0 Å². The predicted molar refractivity (Wildman–Crippen MR) is 94.6 cm³/mol. The third-order valence-corrected chi connectivity index (χ3v) is 5.71. The molecule has 2 heterocycles. The van der Waals surface area contributed by atoms with E-state index in [1.165, 1.54) is 4.90 Å². The molecule has 2 aliphatic rings. The maximum absolute atomic E-state index is 12.9. The Labute approximate surface area is 150 Å². The van der Waals surface area contributed by atoms with E-state index in [0.717, 1.165) is 35.8 Å².